The molecule has 1 aromatic carbocycles. The first-order chi connectivity index (χ1) is 10.00. The largest absolute Gasteiger partial charge is 0.487 e. The van der Waals surface area contributed by atoms with Crippen LogP contribution in [-0.2, 0) is 6.42 Å². The molecule has 0 amide bonds. The quantitative estimate of drug-likeness (QED) is 0.931. The van der Waals surface area contributed by atoms with E-state index < -0.39 is 0 Å². The molecule has 1 N–H and O–H groups in total. The first kappa shape index (κ1) is 14.5. The third-order valence-corrected chi connectivity index (χ3v) is 4.75. The van der Waals surface area contributed by atoms with Crippen LogP contribution in [0.25, 0.3) is 0 Å². The normalized spacial score (nSPS) is 17.3. The number of aromatic nitrogens is 1. The van der Waals surface area contributed by atoms with Crippen molar-refractivity contribution < 1.29 is 4.74 Å². The fraction of sp³-hybridized carbons (Fsp3) is 0.471. The highest BCUT2D eigenvalue weighted by Crippen LogP contribution is 2.41. The van der Waals surface area contributed by atoms with Gasteiger partial charge in [0.25, 0.3) is 0 Å². The monoisotopic (exact) mass is 302 g/mol. The van der Waals surface area contributed by atoms with Gasteiger partial charge in [0.2, 0.25) is 0 Å². The Morgan fingerprint density at radius 3 is 2.90 bits per heavy atom. The number of ether oxygens (including phenoxy) is 1. The Morgan fingerprint density at radius 2 is 2.24 bits per heavy atom. The molecule has 21 heavy (non-hydrogen) atoms. The molecular weight excluding hydrogens is 280 g/mol. The van der Waals surface area contributed by atoms with Crippen LogP contribution in [0.15, 0.2) is 23.6 Å². The third-order valence-electron chi connectivity index (χ3n) is 3.72. The second kappa shape index (κ2) is 5.43. The lowest BCUT2D eigenvalue weighted by molar-refractivity contribution is 0.136. The molecule has 0 spiro atoms. The summed E-state index contributed by atoms with van der Waals surface area (Å²) in [4.78, 5) is 4.67. The summed E-state index contributed by atoms with van der Waals surface area (Å²) in [6.45, 7) is 9.36. The number of benzene rings is 1. The molecule has 3 rings (SSSR count). The minimum Gasteiger partial charge on any atom is -0.487 e. The molecule has 2 aromatic rings. The lowest BCUT2D eigenvalue weighted by Crippen LogP contribution is -2.26. The number of para-hydroxylation sites is 1. The van der Waals surface area contributed by atoms with Crippen molar-refractivity contribution in [1.82, 2.24) is 10.3 Å². The topological polar surface area (TPSA) is 34.2 Å². The molecule has 1 aromatic heterocycles. The summed E-state index contributed by atoms with van der Waals surface area (Å²) in [7, 11) is 0. The van der Waals surface area contributed by atoms with Gasteiger partial charge in [-0.3, -0.25) is 0 Å². The van der Waals surface area contributed by atoms with Crippen molar-refractivity contribution >= 4 is 11.3 Å². The van der Waals surface area contributed by atoms with Crippen molar-refractivity contribution in [3.63, 3.8) is 0 Å². The third kappa shape index (κ3) is 2.83. The number of thiazole rings is 1. The number of fused-ring (bicyclic) bond motifs is 1. The molecule has 1 aliphatic heterocycles. The van der Waals surface area contributed by atoms with Gasteiger partial charge in [-0.15, -0.1) is 11.3 Å². The second-order valence-electron chi connectivity index (χ2n) is 6.19. The van der Waals surface area contributed by atoms with E-state index in [1.807, 2.05) is 6.92 Å². The van der Waals surface area contributed by atoms with Gasteiger partial charge in [-0.05, 0) is 32.9 Å². The molecule has 1 aliphatic rings. The maximum atomic E-state index is 6.22. The smallest absolute Gasteiger partial charge is 0.128 e. The summed E-state index contributed by atoms with van der Waals surface area (Å²) in [6, 6.07) is 6.56. The van der Waals surface area contributed by atoms with Crippen molar-refractivity contribution in [1.29, 1.82) is 0 Å². The minimum atomic E-state index is -0.117. The number of aryl methyl sites for hydroxylation is 1. The Kier molecular flexibility index (Phi) is 3.76. The van der Waals surface area contributed by atoms with Crippen molar-refractivity contribution in [3.05, 3.63) is 45.4 Å². The zero-order valence-corrected chi connectivity index (χ0v) is 13.9. The molecule has 112 valence electrons. The highest BCUT2D eigenvalue weighted by atomic mass is 32.1. The Balaban J connectivity index is 2.04. The van der Waals surface area contributed by atoms with E-state index in [4.69, 9.17) is 4.74 Å². The summed E-state index contributed by atoms with van der Waals surface area (Å²) in [6.07, 6.45) is 0.964. The van der Waals surface area contributed by atoms with Crippen molar-refractivity contribution in [2.75, 3.05) is 6.54 Å². The maximum absolute atomic E-state index is 6.22. The van der Waals surface area contributed by atoms with E-state index in [1.54, 1.807) is 11.3 Å². The van der Waals surface area contributed by atoms with Gasteiger partial charge in [-0.2, -0.15) is 0 Å². The average molecular weight is 302 g/mol. The molecule has 4 heteroatoms. The van der Waals surface area contributed by atoms with Crippen molar-refractivity contribution in [3.8, 4) is 5.75 Å². The van der Waals surface area contributed by atoms with Gasteiger partial charge >= 0.3 is 0 Å². The fourth-order valence-corrected chi connectivity index (χ4v) is 3.79. The van der Waals surface area contributed by atoms with Gasteiger partial charge in [-0.1, -0.05) is 25.1 Å². The summed E-state index contributed by atoms with van der Waals surface area (Å²) >= 11 is 1.71. The van der Waals surface area contributed by atoms with E-state index in [2.05, 4.69) is 54.7 Å². The van der Waals surface area contributed by atoms with Crippen molar-refractivity contribution in [2.45, 2.75) is 45.8 Å². The Morgan fingerprint density at radius 1 is 1.43 bits per heavy atom. The van der Waals surface area contributed by atoms with E-state index in [1.165, 1.54) is 11.1 Å². The van der Waals surface area contributed by atoms with Crippen LogP contribution in [0, 0.1) is 6.92 Å². The molecule has 0 bridgehead atoms. The van der Waals surface area contributed by atoms with Gasteiger partial charge in [0.15, 0.2) is 0 Å². The van der Waals surface area contributed by atoms with Gasteiger partial charge in [0.1, 0.15) is 16.4 Å². The standard InChI is InChI=1S/C17H22N2OS/c1-5-18-14(16-19-11(2)10-21-16)13-8-6-7-12-9-17(3,4)20-15(12)13/h6-8,10,14,18H,5,9H2,1-4H3. The van der Waals surface area contributed by atoms with E-state index in [0.717, 1.165) is 29.4 Å². The first-order valence-electron chi connectivity index (χ1n) is 7.46. The van der Waals surface area contributed by atoms with Crippen LogP contribution in [0.2, 0.25) is 0 Å². The second-order valence-corrected chi connectivity index (χ2v) is 7.08. The molecular formula is C17H22N2OS. The van der Waals surface area contributed by atoms with E-state index >= 15 is 0 Å². The fourth-order valence-electron chi connectivity index (χ4n) is 2.91. The maximum Gasteiger partial charge on any atom is 0.128 e. The predicted octanol–water partition coefficient (Wildman–Crippen LogP) is 3.86. The van der Waals surface area contributed by atoms with Gasteiger partial charge < -0.3 is 10.1 Å². The van der Waals surface area contributed by atoms with Crippen LogP contribution in [0.3, 0.4) is 0 Å². The Labute approximate surface area is 130 Å². The predicted molar refractivity (Wildman–Crippen MR) is 87.2 cm³/mol. The number of hydrogen-bond donors (Lipinski definition) is 1. The SMILES string of the molecule is CCNC(c1nc(C)cs1)c1cccc2c1OC(C)(C)C2. The Hall–Kier alpha value is -1.39. The van der Waals surface area contributed by atoms with Crippen LogP contribution in [0.1, 0.15) is 48.6 Å². The summed E-state index contributed by atoms with van der Waals surface area (Å²) in [5.41, 5.74) is 3.46. The van der Waals surface area contributed by atoms with Crippen LogP contribution >= 0.6 is 11.3 Å². The molecule has 0 saturated heterocycles. The van der Waals surface area contributed by atoms with Gasteiger partial charge in [0, 0.05) is 23.1 Å². The lowest BCUT2D eigenvalue weighted by Gasteiger charge is -2.21. The molecule has 1 unspecified atom stereocenters. The van der Waals surface area contributed by atoms with Crippen molar-refractivity contribution in [2.24, 2.45) is 0 Å². The average Bonchev–Trinajstić information content (AvgIpc) is 2.97. The van der Waals surface area contributed by atoms with E-state index in [9.17, 15) is 0 Å². The zero-order chi connectivity index (χ0) is 15.0. The lowest BCUT2D eigenvalue weighted by atomic mass is 9.98. The van der Waals surface area contributed by atoms with E-state index in [0.29, 0.717) is 0 Å². The summed E-state index contributed by atoms with van der Waals surface area (Å²) in [5, 5.41) is 6.77. The Bertz CT molecular complexity index is 648. The van der Waals surface area contributed by atoms with E-state index in [-0.39, 0.29) is 11.6 Å². The molecule has 0 fully saturated rings. The molecule has 0 radical (unpaired) electrons. The molecule has 1 atom stereocenters. The number of hydrogen-bond acceptors (Lipinski definition) is 4. The number of rotatable bonds is 4. The molecule has 0 saturated carbocycles. The first-order valence-corrected chi connectivity index (χ1v) is 8.34. The molecule has 2 heterocycles. The molecule has 3 nitrogen and oxygen atoms in total. The zero-order valence-electron chi connectivity index (χ0n) is 13.1. The highest BCUT2D eigenvalue weighted by molar-refractivity contribution is 7.09. The van der Waals surface area contributed by atoms with Crippen LogP contribution < -0.4 is 10.1 Å². The van der Waals surface area contributed by atoms with Crippen LogP contribution in [0.4, 0.5) is 0 Å². The van der Waals surface area contributed by atoms with Gasteiger partial charge in [0.05, 0.1) is 6.04 Å². The minimum absolute atomic E-state index is 0.109. The van der Waals surface area contributed by atoms with Crippen LogP contribution in [-0.4, -0.2) is 17.1 Å². The molecule has 0 aliphatic carbocycles. The highest BCUT2D eigenvalue weighted by Gasteiger charge is 2.33. The number of nitrogens with zero attached hydrogens (tertiary/aromatic N) is 1. The van der Waals surface area contributed by atoms with Crippen LogP contribution in [0.5, 0.6) is 5.75 Å². The summed E-state index contributed by atoms with van der Waals surface area (Å²) in [5.74, 6) is 1.04. The summed E-state index contributed by atoms with van der Waals surface area (Å²) < 4.78 is 6.22. The number of nitrogens with one attached hydrogen (secondary N) is 1. The van der Waals surface area contributed by atoms with Gasteiger partial charge in [-0.25, -0.2) is 4.98 Å².